The average Bonchev–Trinajstić information content (AvgIpc) is 3.49. The number of benzene rings is 2. The molecular formula is C25H25N5O3S. The van der Waals surface area contributed by atoms with E-state index < -0.39 is 11.2 Å². The number of anilines is 1. The van der Waals surface area contributed by atoms with Crippen LogP contribution in [0.5, 0.6) is 0 Å². The van der Waals surface area contributed by atoms with Gasteiger partial charge in [0.25, 0.3) is 0 Å². The van der Waals surface area contributed by atoms with Gasteiger partial charge >= 0.3 is 0 Å². The number of carbonyl (C=O) groups excluding carboxylic acids is 2. The second kappa shape index (κ2) is 10.8. The van der Waals surface area contributed by atoms with E-state index in [2.05, 4.69) is 15.5 Å². The summed E-state index contributed by atoms with van der Waals surface area (Å²) in [4.78, 5) is 24.3. The number of hydrogen-bond donors (Lipinski definition) is 2. The first-order valence-electron chi connectivity index (χ1n) is 10.9. The molecule has 8 nitrogen and oxygen atoms in total. The number of nitrogens with two attached hydrogens (primary N) is 1. The number of thioether (sulfide) groups is 1. The van der Waals surface area contributed by atoms with Gasteiger partial charge in [-0.15, -0.1) is 10.2 Å². The Morgan fingerprint density at radius 1 is 1.06 bits per heavy atom. The summed E-state index contributed by atoms with van der Waals surface area (Å²) in [5, 5.41) is 11.7. The molecule has 9 heteroatoms. The Hall–Kier alpha value is -3.85. The molecule has 34 heavy (non-hydrogen) atoms. The Morgan fingerprint density at radius 3 is 2.56 bits per heavy atom. The molecule has 0 bridgehead atoms. The number of carbonyl (C=O) groups is 2. The van der Waals surface area contributed by atoms with Gasteiger partial charge in [-0.1, -0.05) is 60.3 Å². The summed E-state index contributed by atoms with van der Waals surface area (Å²) in [6.07, 6.45) is 2.11. The fourth-order valence-electron chi connectivity index (χ4n) is 3.45. The lowest BCUT2D eigenvalue weighted by Gasteiger charge is -2.15. The Bertz CT molecular complexity index is 1250. The highest BCUT2D eigenvalue weighted by Gasteiger charge is 2.22. The first kappa shape index (κ1) is 23.3. The third kappa shape index (κ3) is 5.74. The van der Waals surface area contributed by atoms with Crippen molar-refractivity contribution < 1.29 is 14.0 Å². The number of nitrogens with one attached hydrogen (secondary N) is 1. The van der Waals surface area contributed by atoms with Crippen LogP contribution in [0.25, 0.3) is 11.1 Å². The molecule has 1 unspecified atom stereocenters. The van der Waals surface area contributed by atoms with Crippen LogP contribution in [0, 0.1) is 0 Å². The molecule has 1 atom stereocenters. The van der Waals surface area contributed by atoms with Gasteiger partial charge < -0.3 is 15.5 Å². The second-order valence-corrected chi connectivity index (χ2v) is 9.00. The summed E-state index contributed by atoms with van der Waals surface area (Å²) in [6.45, 7) is 2.21. The number of furan rings is 1. The Balaban J connectivity index is 1.51. The number of rotatable bonds is 10. The number of para-hydroxylation sites is 1. The van der Waals surface area contributed by atoms with Crippen LogP contribution in [-0.2, 0) is 22.6 Å². The third-order valence-corrected chi connectivity index (χ3v) is 6.28. The van der Waals surface area contributed by atoms with Crippen molar-refractivity contribution in [2.75, 3.05) is 5.32 Å². The maximum absolute atomic E-state index is 13.1. The van der Waals surface area contributed by atoms with Gasteiger partial charge in [-0.3, -0.25) is 14.2 Å². The van der Waals surface area contributed by atoms with Crippen LogP contribution in [0.1, 0.15) is 24.9 Å². The van der Waals surface area contributed by atoms with Crippen LogP contribution in [0.4, 0.5) is 5.69 Å². The number of hydrogen-bond acceptors (Lipinski definition) is 6. The van der Waals surface area contributed by atoms with Crippen molar-refractivity contribution in [2.45, 2.75) is 36.7 Å². The molecule has 2 aromatic heterocycles. The summed E-state index contributed by atoms with van der Waals surface area (Å²) < 4.78 is 7.33. The third-order valence-electron chi connectivity index (χ3n) is 5.20. The lowest BCUT2D eigenvalue weighted by atomic mass is 10.0. The molecule has 3 N–H and O–H groups in total. The van der Waals surface area contributed by atoms with Crippen molar-refractivity contribution in [1.82, 2.24) is 14.8 Å². The largest absolute Gasteiger partial charge is 0.467 e. The Morgan fingerprint density at radius 2 is 1.82 bits per heavy atom. The molecule has 0 saturated heterocycles. The molecule has 4 aromatic rings. The van der Waals surface area contributed by atoms with E-state index in [1.807, 2.05) is 72.2 Å². The molecule has 0 spiro atoms. The van der Waals surface area contributed by atoms with E-state index in [1.54, 1.807) is 12.3 Å². The molecule has 2 aromatic carbocycles. The number of aryl methyl sites for hydroxylation is 1. The van der Waals surface area contributed by atoms with Gasteiger partial charge in [0.2, 0.25) is 11.8 Å². The first-order valence-corrected chi connectivity index (χ1v) is 11.7. The number of amides is 2. The fraction of sp³-hybridized carbons (Fsp3) is 0.200. The normalized spacial score (nSPS) is 11.8. The predicted molar refractivity (Wildman–Crippen MR) is 131 cm³/mol. The van der Waals surface area contributed by atoms with Gasteiger partial charge in [0.05, 0.1) is 18.1 Å². The van der Waals surface area contributed by atoms with Crippen LogP contribution in [0.15, 0.2) is 82.6 Å². The van der Waals surface area contributed by atoms with Crippen molar-refractivity contribution in [3.8, 4) is 11.1 Å². The van der Waals surface area contributed by atoms with Crippen molar-refractivity contribution in [3.05, 3.63) is 84.6 Å². The van der Waals surface area contributed by atoms with Crippen molar-refractivity contribution >= 4 is 29.3 Å². The zero-order valence-corrected chi connectivity index (χ0v) is 19.5. The Labute approximate surface area is 201 Å². The summed E-state index contributed by atoms with van der Waals surface area (Å²) in [6, 6.07) is 21.3. The zero-order valence-electron chi connectivity index (χ0n) is 18.7. The molecule has 2 heterocycles. The highest BCUT2D eigenvalue weighted by Crippen LogP contribution is 2.29. The first-order chi connectivity index (χ1) is 16.5. The van der Waals surface area contributed by atoms with E-state index >= 15 is 0 Å². The highest BCUT2D eigenvalue weighted by atomic mass is 32.2. The topological polar surface area (TPSA) is 116 Å². The van der Waals surface area contributed by atoms with Crippen molar-refractivity contribution in [2.24, 2.45) is 5.73 Å². The van der Waals surface area contributed by atoms with Crippen LogP contribution in [-0.4, -0.2) is 31.8 Å². The average molecular weight is 476 g/mol. The minimum Gasteiger partial charge on any atom is -0.467 e. The van der Waals surface area contributed by atoms with Crippen LogP contribution < -0.4 is 11.1 Å². The monoisotopic (exact) mass is 475 g/mol. The molecule has 0 aliphatic rings. The SMILES string of the molecule is CC(Sc1nnc(CCC(N)=O)n1Cc1ccco1)C(=O)Nc1ccccc1-c1ccccc1. The molecular weight excluding hydrogens is 450 g/mol. The molecule has 0 radical (unpaired) electrons. The number of aromatic nitrogens is 3. The molecule has 2 amide bonds. The lowest BCUT2D eigenvalue weighted by molar-refractivity contribution is -0.118. The van der Waals surface area contributed by atoms with Gasteiger partial charge in [-0.2, -0.15) is 0 Å². The summed E-state index contributed by atoms with van der Waals surface area (Å²) in [5.74, 6) is 0.766. The van der Waals surface area contributed by atoms with Gasteiger partial charge in [0.15, 0.2) is 5.16 Å². The van der Waals surface area contributed by atoms with E-state index in [9.17, 15) is 9.59 Å². The maximum atomic E-state index is 13.1. The second-order valence-electron chi connectivity index (χ2n) is 7.69. The summed E-state index contributed by atoms with van der Waals surface area (Å²) in [5.41, 5.74) is 8.02. The zero-order chi connectivity index (χ0) is 23.9. The quantitative estimate of drug-likeness (QED) is 0.333. The molecule has 0 saturated carbocycles. The number of nitrogens with zero attached hydrogens (tertiary/aromatic N) is 3. The summed E-state index contributed by atoms with van der Waals surface area (Å²) in [7, 11) is 0. The molecule has 4 rings (SSSR count). The molecule has 0 aliphatic carbocycles. The summed E-state index contributed by atoms with van der Waals surface area (Å²) >= 11 is 1.30. The number of primary amides is 1. The van der Waals surface area contributed by atoms with Crippen LogP contribution >= 0.6 is 11.8 Å². The smallest absolute Gasteiger partial charge is 0.237 e. The Kier molecular flexibility index (Phi) is 7.44. The maximum Gasteiger partial charge on any atom is 0.237 e. The van der Waals surface area contributed by atoms with Crippen LogP contribution in [0.2, 0.25) is 0 Å². The van der Waals surface area contributed by atoms with Gasteiger partial charge in [0, 0.05) is 24.1 Å². The van der Waals surface area contributed by atoms with Crippen LogP contribution in [0.3, 0.4) is 0 Å². The lowest BCUT2D eigenvalue weighted by Crippen LogP contribution is -2.23. The molecule has 0 aliphatic heterocycles. The van der Waals surface area contributed by atoms with Crippen molar-refractivity contribution in [3.63, 3.8) is 0 Å². The predicted octanol–water partition coefficient (Wildman–Crippen LogP) is 4.12. The standard InChI is InChI=1S/C25H25N5O3S/c1-17(24(32)27-21-12-6-5-11-20(21)18-8-3-2-4-9-18)34-25-29-28-23(14-13-22(26)31)30(25)16-19-10-7-15-33-19/h2-12,15,17H,13-14,16H2,1H3,(H2,26,31)(H,27,32). The van der Waals surface area contributed by atoms with Gasteiger partial charge in [0.1, 0.15) is 11.6 Å². The van der Waals surface area contributed by atoms with Crippen molar-refractivity contribution in [1.29, 1.82) is 0 Å². The molecule has 174 valence electrons. The van der Waals surface area contributed by atoms with E-state index in [1.165, 1.54) is 11.8 Å². The minimum atomic E-state index is -0.452. The minimum absolute atomic E-state index is 0.153. The van der Waals surface area contributed by atoms with Gasteiger partial charge in [-0.25, -0.2) is 0 Å². The van der Waals surface area contributed by atoms with E-state index in [0.29, 0.717) is 23.9 Å². The highest BCUT2D eigenvalue weighted by molar-refractivity contribution is 8.00. The van der Waals surface area contributed by atoms with E-state index in [-0.39, 0.29) is 12.3 Å². The fourth-order valence-corrected chi connectivity index (χ4v) is 4.32. The van der Waals surface area contributed by atoms with E-state index in [4.69, 9.17) is 10.2 Å². The van der Waals surface area contributed by atoms with Gasteiger partial charge in [-0.05, 0) is 30.7 Å². The molecule has 0 fully saturated rings. The van der Waals surface area contributed by atoms with E-state index in [0.717, 1.165) is 22.6 Å².